The Morgan fingerprint density at radius 2 is 2.09 bits per heavy atom. The minimum absolute atomic E-state index is 0.609. The molecule has 0 spiro atoms. The second-order valence-corrected chi connectivity index (χ2v) is 6.52. The van der Waals surface area contributed by atoms with E-state index in [0.29, 0.717) is 12.6 Å². The average molecular weight is 336 g/mol. The van der Waals surface area contributed by atoms with Crippen LogP contribution in [0.1, 0.15) is 45.1 Å². The molecule has 0 saturated carbocycles. The first-order chi connectivity index (χ1) is 11.2. The van der Waals surface area contributed by atoms with Crippen LogP contribution in [0, 0.1) is 5.92 Å². The van der Waals surface area contributed by atoms with Crippen LogP contribution < -0.4 is 4.57 Å². The highest BCUT2D eigenvalue weighted by atomic mass is 35.5. The number of rotatable bonds is 10. The van der Waals surface area contributed by atoms with Crippen molar-refractivity contribution in [1.29, 1.82) is 0 Å². The number of nitrogens with zero attached hydrogens (tertiary/aromatic N) is 2. The number of hydrogen-bond acceptors (Lipinski definition) is 1. The Labute approximate surface area is 144 Å². The third-order valence-corrected chi connectivity index (χ3v) is 4.56. The Bertz CT molecular complexity index is 582. The fourth-order valence-electron chi connectivity index (χ4n) is 2.65. The van der Waals surface area contributed by atoms with Gasteiger partial charge in [-0.15, -0.1) is 0 Å². The molecule has 3 nitrogen and oxygen atoms in total. The van der Waals surface area contributed by atoms with Gasteiger partial charge in [0.2, 0.25) is 6.33 Å². The van der Waals surface area contributed by atoms with Crippen molar-refractivity contribution < 1.29 is 9.30 Å². The first kappa shape index (κ1) is 18.0. The number of aromatic nitrogens is 2. The summed E-state index contributed by atoms with van der Waals surface area (Å²) < 4.78 is 10.1. The van der Waals surface area contributed by atoms with E-state index >= 15 is 0 Å². The first-order valence-electron chi connectivity index (χ1n) is 8.58. The molecule has 0 bridgehead atoms. The van der Waals surface area contributed by atoms with E-state index in [1.54, 1.807) is 0 Å². The third-order valence-electron chi connectivity index (χ3n) is 4.19. The Morgan fingerprint density at radius 3 is 2.83 bits per heavy atom. The average Bonchev–Trinajstić information content (AvgIpc) is 3.00. The maximum Gasteiger partial charge on any atom is 0.245 e. The molecule has 0 amide bonds. The van der Waals surface area contributed by atoms with E-state index < -0.39 is 0 Å². The predicted molar refractivity (Wildman–Crippen MR) is 94.4 cm³/mol. The van der Waals surface area contributed by atoms with Crippen LogP contribution in [0.4, 0.5) is 0 Å². The standard InChI is InChI=1S/C19H28ClN2O/c1-3-5-8-17(4-2)14-23-16-22-12-11-21(15-22)13-18-9-6-7-10-19(18)20/h6-7,9-12,15,17H,3-5,8,13-14,16H2,1-2H3/q+1/t17-/m1/s1. The molecule has 23 heavy (non-hydrogen) atoms. The van der Waals surface area contributed by atoms with Crippen LogP contribution in [0.5, 0.6) is 0 Å². The van der Waals surface area contributed by atoms with Crippen LogP contribution in [0.3, 0.4) is 0 Å². The number of ether oxygens (including phenoxy) is 1. The molecule has 0 fully saturated rings. The van der Waals surface area contributed by atoms with Gasteiger partial charge in [-0.05, 0) is 18.4 Å². The highest BCUT2D eigenvalue weighted by Crippen LogP contribution is 2.14. The minimum atomic E-state index is 0.609. The summed E-state index contributed by atoms with van der Waals surface area (Å²) in [6.07, 6.45) is 11.2. The summed E-state index contributed by atoms with van der Waals surface area (Å²) in [7, 11) is 0. The van der Waals surface area contributed by atoms with Crippen molar-refractivity contribution in [2.24, 2.45) is 5.92 Å². The van der Waals surface area contributed by atoms with Crippen LogP contribution >= 0.6 is 11.6 Å². The lowest BCUT2D eigenvalue weighted by Gasteiger charge is -2.13. The summed E-state index contributed by atoms with van der Waals surface area (Å²) in [6.45, 7) is 6.72. The summed E-state index contributed by atoms with van der Waals surface area (Å²) in [5.41, 5.74) is 1.13. The molecule has 1 aromatic heterocycles. The highest BCUT2D eigenvalue weighted by Gasteiger charge is 2.09. The summed E-state index contributed by atoms with van der Waals surface area (Å²) in [4.78, 5) is 0. The Kier molecular flexibility index (Phi) is 7.63. The normalized spacial score (nSPS) is 12.5. The molecule has 1 atom stereocenters. The lowest BCUT2D eigenvalue weighted by molar-refractivity contribution is -0.688. The second-order valence-electron chi connectivity index (χ2n) is 6.11. The Morgan fingerprint density at radius 1 is 1.26 bits per heavy atom. The van der Waals surface area contributed by atoms with Crippen molar-refractivity contribution in [3.8, 4) is 0 Å². The summed E-state index contributed by atoms with van der Waals surface area (Å²) >= 11 is 6.21. The van der Waals surface area contributed by atoms with Crippen LogP contribution in [-0.4, -0.2) is 11.2 Å². The number of hydrogen-bond donors (Lipinski definition) is 0. The van der Waals surface area contributed by atoms with E-state index in [9.17, 15) is 0 Å². The highest BCUT2D eigenvalue weighted by molar-refractivity contribution is 6.31. The van der Waals surface area contributed by atoms with Crippen LogP contribution in [0.2, 0.25) is 5.02 Å². The molecule has 0 saturated heterocycles. The predicted octanol–water partition coefficient (Wildman–Crippen LogP) is 4.67. The van der Waals surface area contributed by atoms with Gasteiger partial charge in [0.15, 0.2) is 6.73 Å². The SMILES string of the molecule is CCCC[C@@H](CC)COCn1cc[n+](Cc2ccccc2Cl)c1. The van der Waals surface area contributed by atoms with Gasteiger partial charge in [0.25, 0.3) is 0 Å². The quantitative estimate of drug-likeness (QED) is 0.577. The van der Waals surface area contributed by atoms with Crippen LogP contribution in [0.25, 0.3) is 0 Å². The third kappa shape index (κ3) is 6.00. The number of imidazole rings is 1. The lowest BCUT2D eigenvalue weighted by Crippen LogP contribution is -2.31. The van der Waals surface area contributed by atoms with E-state index in [4.69, 9.17) is 16.3 Å². The zero-order chi connectivity index (χ0) is 16.5. The largest absolute Gasteiger partial charge is 0.341 e. The summed E-state index contributed by atoms with van der Waals surface area (Å²) in [5.74, 6) is 0.681. The fraction of sp³-hybridized carbons (Fsp3) is 0.526. The molecule has 1 aromatic carbocycles. The minimum Gasteiger partial charge on any atom is -0.341 e. The molecule has 1 heterocycles. The monoisotopic (exact) mass is 335 g/mol. The summed E-state index contributed by atoms with van der Waals surface area (Å²) in [5, 5.41) is 0.811. The fourth-order valence-corrected chi connectivity index (χ4v) is 2.85. The van der Waals surface area contributed by atoms with Gasteiger partial charge in [0, 0.05) is 10.6 Å². The molecule has 0 N–H and O–H groups in total. The van der Waals surface area contributed by atoms with E-state index in [1.807, 2.05) is 24.4 Å². The van der Waals surface area contributed by atoms with E-state index in [-0.39, 0.29) is 0 Å². The molecule has 0 radical (unpaired) electrons. The zero-order valence-electron chi connectivity index (χ0n) is 14.2. The topological polar surface area (TPSA) is 18.0 Å². The van der Waals surface area contributed by atoms with Gasteiger partial charge in [-0.1, -0.05) is 62.9 Å². The van der Waals surface area contributed by atoms with Gasteiger partial charge in [0.05, 0.1) is 6.61 Å². The van der Waals surface area contributed by atoms with Gasteiger partial charge >= 0.3 is 0 Å². The number of unbranched alkanes of at least 4 members (excludes halogenated alkanes) is 1. The van der Waals surface area contributed by atoms with Crippen LogP contribution in [-0.2, 0) is 18.0 Å². The van der Waals surface area contributed by atoms with Gasteiger partial charge in [-0.2, -0.15) is 0 Å². The zero-order valence-corrected chi connectivity index (χ0v) is 15.0. The molecular formula is C19H28ClN2O+. The molecule has 126 valence electrons. The molecule has 4 heteroatoms. The molecule has 2 aromatic rings. The Balaban J connectivity index is 1.79. The van der Waals surface area contributed by atoms with Crippen molar-refractivity contribution in [1.82, 2.24) is 4.57 Å². The van der Waals surface area contributed by atoms with Gasteiger partial charge < -0.3 is 4.74 Å². The van der Waals surface area contributed by atoms with Crippen molar-refractivity contribution in [2.75, 3.05) is 6.61 Å². The number of halogens is 1. The van der Waals surface area contributed by atoms with Gasteiger partial charge in [0.1, 0.15) is 18.9 Å². The molecule has 0 aliphatic heterocycles. The van der Waals surface area contributed by atoms with Crippen molar-refractivity contribution >= 4 is 11.6 Å². The maximum atomic E-state index is 6.21. The van der Waals surface area contributed by atoms with Crippen LogP contribution in [0.15, 0.2) is 43.0 Å². The lowest BCUT2D eigenvalue weighted by atomic mass is 10.0. The number of benzene rings is 1. The first-order valence-corrected chi connectivity index (χ1v) is 8.96. The molecular weight excluding hydrogens is 308 g/mol. The molecule has 0 aliphatic rings. The second kappa shape index (κ2) is 9.74. The van der Waals surface area contributed by atoms with E-state index in [2.05, 4.69) is 41.6 Å². The van der Waals surface area contributed by atoms with Gasteiger partial charge in [-0.25, -0.2) is 9.13 Å². The Hall–Kier alpha value is -1.32. The van der Waals surface area contributed by atoms with Crippen molar-refractivity contribution in [2.45, 2.75) is 52.8 Å². The van der Waals surface area contributed by atoms with Gasteiger partial charge in [-0.3, -0.25) is 0 Å². The summed E-state index contributed by atoms with van der Waals surface area (Å²) in [6, 6.07) is 7.96. The van der Waals surface area contributed by atoms with E-state index in [1.165, 1.54) is 25.7 Å². The van der Waals surface area contributed by atoms with Crippen molar-refractivity contribution in [3.05, 3.63) is 53.6 Å². The van der Waals surface area contributed by atoms with E-state index in [0.717, 1.165) is 23.7 Å². The van der Waals surface area contributed by atoms with Crippen molar-refractivity contribution in [3.63, 3.8) is 0 Å². The smallest absolute Gasteiger partial charge is 0.245 e. The molecule has 2 rings (SSSR count). The molecule has 0 unspecified atom stereocenters. The maximum absolute atomic E-state index is 6.21. The molecule has 0 aliphatic carbocycles.